The molecule has 0 radical (unpaired) electrons. The maximum Gasteiger partial charge on any atom is 0.166 e. The third-order valence-corrected chi connectivity index (χ3v) is 3.64. The highest BCUT2D eigenvalue weighted by Gasteiger charge is 2.22. The highest BCUT2D eigenvalue weighted by molar-refractivity contribution is 5.23. The average Bonchev–Trinajstić information content (AvgIpc) is 2.90. The first-order valence-corrected chi connectivity index (χ1v) is 7.81. The van der Waals surface area contributed by atoms with Gasteiger partial charge in [-0.05, 0) is 18.4 Å². The molecule has 4 nitrogen and oxygen atoms in total. The maximum atomic E-state index is 5.71. The molecule has 0 aliphatic heterocycles. The van der Waals surface area contributed by atoms with Crippen molar-refractivity contribution in [2.45, 2.75) is 52.2 Å². The van der Waals surface area contributed by atoms with Crippen LogP contribution in [0.3, 0.4) is 0 Å². The lowest BCUT2D eigenvalue weighted by atomic mass is 10.1. The van der Waals surface area contributed by atoms with Crippen LogP contribution in [-0.4, -0.2) is 21.9 Å². The van der Waals surface area contributed by atoms with Gasteiger partial charge in [0.2, 0.25) is 0 Å². The molecular weight excluding hydrogens is 262 g/mol. The molecule has 1 atom stereocenters. The summed E-state index contributed by atoms with van der Waals surface area (Å²) in [6, 6.07) is 10.2. The molecule has 21 heavy (non-hydrogen) atoms. The van der Waals surface area contributed by atoms with Crippen LogP contribution in [0.2, 0.25) is 0 Å². The number of methoxy groups -OCH3 is 1. The van der Waals surface area contributed by atoms with E-state index >= 15 is 0 Å². The molecule has 0 amide bonds. The molecule has 0 spiro atoms. The summed E-state index contributed by atoms with van der Waals surface area (Å²) < 4.78 is 7.96. The molecule has 0 fully saturated rings. The van der Waals surface area contributed by atoms with Crippen LogP contribution >= 0.6 is 0 Å². The van der Waals surface area contributed by atoms with Gasteiger partial charge in [-0.15, -0.1) is 10.2 Å². The SMILES string of the molecule is CCCCn1c(CCC)nnc1C(OC)c1ccccc1. The summed E-state index contributed by atoms with van der Waals surface area (Å²) in [6.07, 6.45) is 4.18. The van der Waals surface area contributed by atoms with Gasteiger partial charge in [0, 0.05) is 20.1 Å². The number of rotatable bonds is 8. The lowest BCUT2D eigenvalue weighted by Crippen LogP contribution is -2.14. The molecule has 0 saturated heterocycles. The van der Waals surface area contributed by atoms with E-state index in [9.17, 15) is 0 Å². The summed E-state index contributed by atoms with van der Waals surface area (Å²) in [5.74, 6) is 1.99. The number of ether oxygens (including phenoxy) is 1. The fourth-order valence-electron chi connectivity index (χ4n) is 2.53. The highest BCUT2D eigenvalue weighted by Crippen LogP contribution is 2.25. The number of aryl methyl sites for hydroxylation is 1. The van der Waals surface area contributed by atoms with Gasteiger partial charge in [-0.25, -0.2) is 0 Å². The van der Waals surface area contributed by atoms with Crippen LogP contribution in [0.15, 0.2) is 30.3 Å². The monoisotopic (exact) mass is 287 g/mol. The van der Waals surface area contributed by atoms with Gasteiger partial charge >= 0.3 is 0 Å². The average molecular weight is 287 g/mol. The summed E-state index contributed by atoms with van der Waals surface area (Å²) in [7, 11) is 1.73. The van der Waals surface area contributed by atoms with E-state index in [4.69, 9.17) is 4.74 Å². The van der Waals surface area contributed by atoms with Gasteiger partial charge in [-0.1, -0.05) is 50.6 Å². The lowest BCUT2D eigenvalue weighted by molar-refractivity contribution is 0.125. The van der Waals surface area contributed by atoms with Crippen LogP contribution in [0.1, 0.15) is 56.4 Å². The zero-order valence-electron chi connectivity index (χ0n) is 13.2. The Hall–Kier alpha value is -1.68. The second-order valence-electron chi connectivity index (χ2n) is 5.26. The first-order valence-electron chi connectivity index (χ1n) is 7.81. The third kappa shape index (κ3) is 3.70. The number of aromatic nitrogens is 3. The first kappa shape index (κ1) is 15.7. The molecule has 1 unspecified atom stereocenters. The van der Waals surface area contributed by atoms with E-state index in [-0.39, 0.29) is 6.10 Å². The van der Waals surface area contributed by atoms with Gasteiger partial charge in [0.1, 0.15) is 11.9 Å². The van der Waals surface area contributed by atoms with E-state index in [1.54, 1.807) is 7.11 Å². The maximum absolute atomic E-state index is 5.71. The number of unbranched alkanes of at least 4 members (excludes halogenated alkanes) is 1. The zero-order chi connectivity index (χ0) is 15.1. The molecule has 1 aromatic heterocycles. The molecule has 0 saturated carbocycles. The van der Waals surface area contributed by atoms with E-state index in [2.05, 4.69) is 40.7 Å². The lowest BCUT2D eigenvalue weighted by Gasteiger charge is -2.17. The van der Waals surface area contributed by atoms with Crippen molar-refractivity contribution in [3.8, 4) is 0 Å². The second kappa shape index (κ2) is 7.93. The first-order chi connectivity index (χ1) is 10.3. The van der Waals surface area contributed by atoms with Crippen molar-refractivity contribution in [1.29, 1.82) is 0 Å². The third-order valence-electron chi connectivity index (χ3n) is 3.64. The van der Waals surface area contributed by atoms with Crippen LogP contribution in [0.5, 0.6) is 0 Å². The van der Waals surface area contributed by atoms with Crippen molar-refractivity contribution in [3.63, 3.8) is 0 Å². The van der Waals surface area contributed by atoms with Crippen LogP contribution in [-0.2, 0) is 17.7 Å². The van der Waals surface area contributed by atoms with Crippen LogP contribution in [0.4, 0.5) is 0 Å². The predicted octanol–water partition coefficient (Wildman–Crippen LogP) is 3.77. The Bertz CT molecular complexity index is 536. The molecule has 2 rings (SSSR count). The normalized spacial score (nSPS) is 12.5. The Balaban J connectivity index is 2.36. The van der Waals surface area contributed by atoms with Crippen molar-refractivity contribution in [3.05, 3.63) is 47.5 Å². The molecule has 4 heteroatoms. The summed E-state index contributed by atoms with van der Waals surface area (Å²) in [5, 5.41) is 8.81. The minimum atomic E-state index is -0.152. The van der Waals surface area contributed by atoms with Crippen molar-refractivity contribution < 1.29 is 4.74 Å². The summed E-state index contributed by atoms with van der Waals surface area (Å²) in [5.41, 5.74) is 1.12. The molecule has 0 bridgehead atoms. The second-order valence-corrected chi connectivity index (χ2v) is 5.26. The Morgan fingerprint density at radius 1 is 1.10 bits per heavy atom. The molecule has 114 valence electrons. The Morgan fingerprint density at radius 3 is 2.48 bits per heavy atom. The van der Waals surface area contributed by atoms with Gasteiger partial charge < -0.3 is 9.30 Å². The van der Waals surface area contributed by atoms with E-state index in [0.717, 1.165) is 49.4 Å². The Kier molecular flexibility index (Phi) is 5.93. The molecule has 1 heterocycles. The van der Waals surface area contributed by atoms with E-state index in [1.165, 1.54) is 0 Å². The fraction of sp³-hybridized carbons (Fsp3) is 0.529. The summed E-state index contributed by atoms with van der Waals surface area (Å²) in [4.78, 5) is 0. The van der Waals surface area contributed by atoms with Crippen LogP contribution in [0, 0.1) is 0 Å². The number of benzene rings is 1. The van der Waals surface area contributed by atoms with Crippen molar-refractivity contribution in [2.24, 2.45) is 0 Å². The van der Waals surface area contributed by atoms with Crippen LogP contribution < -0.4 is 0 Å². The Labute approximate surface area is 127 Å². The van der Waals surface area contributed by atoms with Crippen molar-refractivity contribution in [1.82, 2.24) is 14.8 Å². The van der Waals surface area contributed by atoms with Gasteiger partial charge in [0.25, 0.3) is 0 Å². The summed E-state index contributed by atoms with van der Waals surface area (Å²) >= 11 is 0. The Morgan fingerprint density at radius 2 is 1.86 bits per heavy atom. The molecule has 2 aromatic rings. The number of hydrogen-bond acceptors (Lipinski definition) is 3. The molecular formula is C17H25N3O. The van der Waals surface area contributed by atoms with Crippen LogP contribution in [0.25, 0.3) is 0 Å². The van der Waals surface area contributed by atoms with E-state index in [1.807, 2.05) is 18.2 Å². The van der Waals surface area contributed by atoms with E-state index < -0.39 is 0 Å². The predicted molar refractivity (Wildman–Crippen MR) is 84.2 cm³/mol. The largest absolute Gasteiger partial charge is 0.369 e. The molecule has 1 aromatic carbocycles. The number of hydrogen-bond donors (Lipinski definition) is 0. The minimum Gasteiger partial charge on any atom is -0.369 e. The van der Waals surface area contributed by atoms with Crippen molar-refractivity contribution in [2.75, 3.05) is 7.11 Å². The smallest absolute Gasteiger partial charge is 0.166 e. The summed E-state index contributed by atoms with van der Waals surface area (Å²) in [6.45, 7) is 5.33. The fourth-order valence-corrected chi connectivity index (χ4v) is 2.53. The molecule has 0 aliphatic carbocycles. The topological polar surface area (TPSA) is 39.9 Å². The van der Waals surface area contributed by atoms with Gasteiger partial charge in [0.15, 0.2) is 5.82 Å². The quantitative estimate of drug-likeness (QED) is 0.742. The zero-order valence-corrected chi connectivity index (χ0v) is 13.2. The van der Waals surface area contributed by atoms with Gasteiger partial charge in [0.05, 0.1) is 0 Å². The standard InChI is InChI=1S/C17H25N3O/c1-4-6-13-20-15(10-5-2)18-19-17(20)16(21-3)14-11-8-7-9-12-14/h7-9,11-12,16H,4-6,10,13H2,1-3H3. The minimum absolute atomic E-state index is 0.152. The van der Waals surface area contributed by atoms with Crippen molar-refractivity contribution >= 4 is 0 Å². The molecule has 0 aliphatic rings. The molecule has 0 N–H and O–H groups in total. The van der Waals surface area contributed by atoms with Gasteiger partial charge in [-0.3, -0.25) is 0 Å². The van der Waals surface area contributed by atoms with Gasteiger partial charge in [-0.2, -0.15) is 0 Å². The number of nitrogens with zero attached hydrogens (tertiary/aromatic N) is 3. The highest BCUT2D eigenvalue weighted by atomic mass is 16.5. The van der Waals surface area contributed by atoms with E-state index in [0.29, 0.717) is 0 Å².